The van der Waals surface area contributed by atoms with E-state index in [1.807, 2.05) is 13.8 Å². The first-order valence-electron chi connectivity index (χ1n) is 6.49. The number of ether oxygens (including phenoxy) is 1. The Labute approximate surface area is 114 Å². The molecule has 0 fully saturated rings. The van der Waals surface area contributed by atoms with E-state index in [0.717, 1.165) is 6.29 Å². The highest BCUT2D eigenvalue weighted by Gasteiger charge is 2.06. The Morgan fingerprint density at radius 1 is 1.26 bits per heavy atom. The predicted molar refractivity (Wildman–Crippen MR) is 74.3 cm³/mol. The van der Waals surface area contributed by atoms with E-state index in [9.17, 15) is 9.59 Å². The lowest BCUT2D eigenvalue weighted by molar-refractivity contribution is -0.111. The summed E-state index contributed by atoms with van der Waals surface area (Å²) in [6.07, 6.45) is 0.855. The number of benzene rings is 1. The number of carbonyl (C=O) groups is 2. The molecule has 0 saturated heterocycles. The molecular formula is C15H21NO3. The molecule has 19 heavy (non-hydrogen) atoms. The first-order valence-corrected chi connectivity index (χ1v) is 6.49. The van der Waals surface area contributed by atoms with E-state index in [1.54, 1.807) is 31.2 Å². The van der Waals surface area contributed by atoms with Crippen molar-refractivity contribution in [1.82, 2.24) is 5.32 Å². The first-order chi connectivity index (χ1) is 9.02. The smallest absolute Gasteiger partial charge is 0.251 e. The molecule has 1 unspecified atom stereocenters. The highest BCUT2D eigenvalue weighted by Crippen LogP contribution is 2.13. The largest absolute Gasteiger partial charge is 0.493 e. The average Bonchev–Trinajstić information content (AvgIpc) is 2.42. The third kappa shape index (κ3) is 5.55. The number of nitrogens with one attached hydrogen (secondary N) is 1. The molecule has 0 heterocycles. The Morgan fingerprint density at radius 2 is 1.89 bits per heavy atom. The summed E-state index contributed by atoms with van der Waals surface area (Å²) in [7, 11) is 0. The van der Waals surface area contributed by atoms with Crippen LogP contribution in [0.5, 0.6) is 5.75 Å². The fourth-order valence-electron chi connectivity index (χ4n) is 1.37. The van der Waals surface area contributed by atoms with Gasteiger partial charge in [-0.3, -0.25) is 4.79 Å². The molecule has 1 aromatic rings. The van der Waals surface area contributed by atoms with Crippen LogP contribution in [0.25, 0.3) is 0 Å². The van der Waals surface area contributed by atoms with E-state index < -0.39 is 0 Å². The van der Waals surface area contributed by atoms with Crippen LogP contribution in [0.1, 0.15) is 31.1 Å². The standard InChI is InChI=1S/C15H21NO3/c1-11(2)8-16-15(18)13-4-6-14(7-5-13)19-10-12(3)9-17/h4-7,9,11-12H,8,10H2,1-3H3,(H,16,18). The summed E-state index contributed by atoms with van der Waals surface area (Å²) >= 11 is 0. The number of rotatable bonds is 7. The van der Waals surface area contributed by atoms with E-state index in [1.165, 1.54) is 0 Å². The zero-order chi connectivity index (χ0) is 14.3. The van der Waals surface area contributed by atoms with Crippen LogP contribution in [0, 0.1) is 11.8 Å². The van der Waals surface area contributed by atoms with Gasteiger partial charge in [-0.15, -0.1) is 0 Å². The van der Waals surface area contributed by atoms with E-state index in [-0.39, 0.29) is 11.8 Å². The molecule has 0 aromatic heterocycles. The highest BCUT2D eigenvalue weighted by atomic mass is 16.5. The van der Waals surface area contributed by atoms with Crippen LogP contribution in [0.2, 0.25) is 0 Å². The van der Waals surface area contributed by atoms with Gasteiger partial charge in [0.1, 0.15) is 12.0 Å². The lowest BCUT2D eigenvalue weighted by Crippen LogP contribution is -2.27. The Balaban J connectivity index is 2.51. The molecule has 1 rings (SSSR count). The van der Waals surface area contributed by atoms with E-state index >= 15 is 0 Å². The van der Waals surface area contributed by atoms with Crippen LogP contribution >= 0.6 is 0 Å². The summed E-state index contributed by atoms with van der Waals surface area (Å²) < 4.78 is 5.43. The Morgan fingerprint density at radius 3 is 2.42 bits per heavy atom. The second-order valence-corrected chi connectivity index (χ2v) is 5.05. The number of amides is 1. The minimum Gasteiger partial charge on any atom is -0.493 e. The summed E-state index contributed by atoms with van der Waals surface area (Å²) in [5.41, 5.74) is 0.608. The molecule has 0 radical (unpaired) electrons. The van der Waals surface area contributed by atoms with Crippen molar-refractivity contribution in [3.8, 4) is 5.75 Å². The van der Waals surface area contributed by atoms with Crippen LogP contribution in [0.3, 0.4) is 0 Å². The molecule has 104 valence electrons. The zero-order valence-electron chi connectivity index (χ0n) is 11.7. The van der Waals surface area contributed by atoms with Crippen LogP contribution in [0.4, 0.5) is 0 Å². The summed E-state index contributed by atoms with van der Waals surface area (Å²) in [6.45, 7) is 6.90. The summed E-state index contributed by atoms with van der Waals surface area (Å²) in [4.78, 5) is 22.2. The molecule has 1 aromatic carbocycles. The molecule has 4 nitrogen and oxygen atoms in total. The number of hydrogen-bond donors (Lipinski definition) is 1. The average molecular weight is 263 g/mol. The van der Waals surface area contributed by atoms with Gasteiger partial charge in [0.15, 0.2) is 0 Å². The van der Waals surface area contributed by atoms with Gasteiger partial charge in [-0.05, 0) is 30.2 Å². The lowest BCUT2D eigenvalue weighted by atomic mass is 10.2. The van der Waals surface area contributed by atoms with Crippen LogP contribution in [0.15, 0.2) is 24.3 Å². The molecule has 0 aliphatic heterocycles. The van der Waals surface area contributed by atoms with Gasteiger partial charge in [-0.1, -0.05) is 20.8 Å². The maximum atomic E-state index is 11.8. The fourth-order valence-corrected chi connectivity index (χ4v) is 1.37. The summed E-state index contributed by atoms with van der Waals surface area (Å²) in [5, 5.41) is 2.85. The fraction of sp³-hybridized carbons (Fsp3) is 0.467. The highest BCUT2D eigenvalue weighted by molar-refractivity contribution is 5.94. The molecule has 1 N–H and O–H groups in total. The van der Waals surface area contributed by atoms with Crippen LogP contribution in [-0.2, 0) is 4.79 Å². The Kier molecular flexibility index (Phi) is 6.06. The normalized spacial score (nSPS) is 12.0. The SMILES string of the molecule is CC(C)CNC(=O)c1ccc(OCC(C)C=O)cc1. The van der Waals surface area contributed by atoms with Gasteiger partial charge in [0.05, 0.1) is 6.61 Å². The minimum atomic E-state index is -0.131. The quantitative estimate of drug-likeness (QED) is 0.768. The van der Waals surface area contributed by atoms with Crippen molar-refractivity contribution in [3.05, 3.63) is 29.8 Å². The van der Waals surface area contributed by atoms with Gasteiger partial charge >= 0.3 is 0 Å². The molecule has 0 aliphatic carbocycles. The van der Waals surface area contributed by atoms with Gasteiger partial charge < -0.3 is 14.8 Å². The van der Waals surface area contributed by atoms with Crippen LogP contribution in [-0.4, -0.2) is 25.3 Å². The molecule has 1 amide bonds. The van der Waals surface area contributed by atoms with E-state index in [2.05, 4.69) is 5.32 Å². The molecule has 0 aliphatic rings. The predicted octanol–water partition coefficient (Wildman–Crippen LogP) is 2.29. The van der Waals surface area contributed by atoms with Crippen molar-refractivity contribution in [2.75, 3.05) is 13.2 Å². The van der Waals surface area contributed by atoms with Crippen molar-refractivity contribution >= 4 is 12.2 Å². The molecule has 0 saturated carbocycles. The Bertz CT molecular complexity index is 412. The van der Waals surface area contributed by atoms with Gasteiger partial charge in [0.2, 0.25) is 0 Å². The van der Waals surface area contributed by atoms with Gasteiger partial charge in [0.25, 0.3) is 5.91 Å². The third-order valence-electron chi connectivity index (χ3n) is 2.53. The minimum absolute atomic E-state index is 0.0819. The molecule has 4 heteroatoms. The van der Waals surface area contributed by atoms with Gasteiger partial charge in [0, 0.05) is 18.0 Å². The molecular weight excluding hydrogens is 242 g/mol. The number of aldehydes is 1. The van der Waals surface area contributed by atoms with Crippen molar-refractivity contribution in [1.29, 1.82) is 0 Å². The van der Waals surface area contributed by atoms with Crippen molar-refractivity contribution < 1.29 is 14.3 Å². The monoisotopic (exact) mass is 263 g/mol. The first kappa shape index (κ1) is 15.2. The molecule has 0 bridgehead atoms. The third-order valence-corrected chi connectivity index (χ3v) is 2.53. The van der Waals surface area contributed by atoms with Crippen LogP contribution < -0.4 is 10.1 Å². The van der Waals surface area contributed by atoms with Crippen molar-refractivity contribution in [2.24, 2.45) is 11.8 Å². The van der Waals surface area contributed by atoms with Gasteiger partial charge in [-0.25, -0.2) is 0 Å². The second kappa shape index (κ2) is 7.56. The molecule has 0 spiro atoms. The summed E-state index contributed by atoms with van der Waals surface area (Å²) in [5.74, 6) is 0.876. The van der Waals surface area contributed by atoms with E-state index in [4.69, 9.17) is 4.74 Å². The molecule has 1 atom stereocenters. The number of carbonyl (C=O) groups excluding carboxylic acids is 2. The number of hydrogen-bond acceptors (Lipinski definition) is 3. The second-order valence-electron chi connectivity index (χ2n) is 5.05. The van der Waals surface area contributed by atoms with Gasteiger partial charge in [-0.2, -0.15) is 0 Å². The lowest BCUT2D eigenvalue weighted by Gasteiger charge is -2.10. The maximum Gasteiger partial charge on any atom is 0.251 e. The zero-order valence-corrected chi connectivity index (χ0v) is 11.7. The summed E-state index contributed by atoms with van der Waals surface area (Å²) in [6, 6.07) is 6.91. The van der Waals surface area contributed by atoms with Crippen molar-refractivity contribution in [3.63, 3.8) is 0 Å². The van der Waals surface area contributed by atoms with E-state index in [0.29, 0.717) is 30.4 Å². The topological polar surface area (TPSA) is 55.4 Å². The maximum absolute atomic E-state index is 11.8. The Hall–Kier alpha value is -1.84. The van der Waals surface area contributed by atoms with Crippen molar-refractivity contribution in [2.45, 2.75) is 20.8 Å².